The summed E-state index contributed by atoms with van der Waals surface area (Å²) in [5.41, 5.74) is 0. The molecule has 0 aromatic rings. The van der Waals surface area contributed by atoms with Crippen molar-refractivity contribution in [3.8, 4) is 0 Å². The van der Waals surface area contributed by atoms with Gasteiger partial charge in [-0.2, -0.15) is 5.06 Å². The third kappa shape index (κ3) is 2.01. The van der Waals surface area contributed by atoms with Gasteiger partial charge >= 0.3 is 5.97 Å². The van der Waals surface area contributed by atoms with Crippen LogP contribution in [0.2, 0.25) is 0 Å². The molecule has 0 spiro atoms. The fraction of sp³-hybridized carbons (Fsp3) is 0.583. The largest absolute Gasteiger partial charge is 0.480 e. The summed E-state index contributed by atoms with van der Waals surface area (Å²) in [6, 6.07) is 0. The zero-order chi connectivity index (χ0) is 14.3. The van der Waals surface area contributed by atoms with Crippen LogP contribution in [-0.4, -0.2) is 60.0 Å². The van der Waals surface area contributed by atoms with Gasteiger partial charge in [0.15, 0.2) is 0 Å². The lowest BCUT2D eigenvalue weighted by atomic mass is 9.85. The summed E-state index contributed by atoms with van der Waals surface area (Å²) >= 11 is 0. The summed E-state index contributed by atoms with van der Waals surface area (Å²) in [5.74, 6) is -2.91. The van der Waals surface area contributed by atoms with E-state index in [1.165, 1.54) is 0 Å². The van der Waals surface area contributed by atoms with E-state index in [9.17, 15) is 14.4 Å². The first kappa shape index (κ1) is 13.2. The molecule has 3 aliphatic heterocycles. The van der Waals surface area contributed by atoms with Gasteiger partial charge < -0.3 is 14.6 Å². The van der Waals surface area contributed by atoms with Crippen molar-refractivity contribution in [2.75, 3.05) is 19.8 Å². The van der Waals surface area contributed by atoms with Crippen LogP contribution in [0.15, 0.2) is 12.2 Å². The van der Waals surface area contributed by atoms with Crippen molar-refractivity contribution < 1.29 is 33.8 Å². The predicted molar refractivity (Wildman–Crippen MR) is 61.0 cm³/mol. The van der Waals surface area contributed by atoms with Gasteiger partial charge in [-0.15, -0.1) is 0 Å². The number of carboxylic acids is 1. The lowest BCUT2D eigenvalue weighted by Gasteiger charge is -2.16. The number of fused-ring (bicyclic) bond motifs is 5. The van der Waals surface area contributed by atoms with Crippen LogP contribution in [0.1, 0.15) is 0 Å². The molecule has 2 saturated heterocycles. The van der Waals surface area contributed by atoms with Gasteiger partial charge in [0.1, 0.15) is 6.61 Å². The van der Waals surface area contributed by atoms with Crippen LogP contribution >= 0.6 is 0 Å². The monoisotopic (exact) mass is 283 g/mol. The van der Waals surface area contributed by atoms with Gasteiger partial charge in [-0.3, -0.25) is 14.4 Å². The average Bonchev–Trinajstić information content (AvgIpc) is 3.06. The molecule has 2 bridgehead atoms. The Hall–Kier alpha value is -1.77. The van der Waals surface area contributed by atoms with Crippen LogP contribution in [0.25, 0.3) is 0 Å². The summed E-state index contributed by atoms with van der Waals surface area (Å²) in [5, 5.41) is 9.14. The smallest absolute Gasteiger partial charge is 0.329 e. The van der Waals surface area contributed by atoms with E-state index in [1.54, 1.807) is 12.2 Å². The molecule has 0 aliphatic carbocycles. The van der Waals surface area contributed by atoms with E-state index < -0.39 is 36.2 Å². The van der Waals surface area contributed by atoms with Crippen LogP contribution < -0.4 is 0 Å². The SMILES string of the molecule is O=C(O)COCCON1C(=O)C2C3C=CC(O3)C2C1=O. The molecule has 3 heterocycles. The lowest BCUT2D eigenvalue weighted by Crippen LogP contribution is -2.35. The van der Waals surface area contributed by atoms with Gasteiger partial charge in [0.05, 0.1) is 37.3 Å². The fourth-order valence-corrected chi connectivity index (χ4v) is 2.75. The number of carboxylic acid groups (broad SMARTS) is 1. The zero-order valence-corrected chi connectivity index (χ0v) is 10.4. The molecule has 4 atom stereocenters. The molecule has 1 N–H and O–H groups in total. The minimum absolute atomic E-state index is 0.0136. The van der Waals surface area contributed by atoms with Crippen molar-refractivity contribution in [3.63, 3.8) is 0 Å². The Morgan fingerprint density at radius 3 is 2.35 bits per heavy atom. The van der Waals surface area contributed by atoms with Gasteiger partial charge in [0, 0.05) is 0 Å². The molecule has 3 aliphatic rings. The van der Waals surface area contributed by atoms with Crippen molar-refractivity contribution in [3.05, 3.63) is 12.2 Å². The van der Waals surface area contributed by atoms with E-state index in [-0.39, 0.29) is 25.4 Å². The highest BCUT2D eigenvalue weighted by Gasteiger charge is 2.61. The van der Waals surface area contributed by atoms with Crippen LogP contribution in [0, 0.1) is 11.8 Å². The summed E-state index contributed by atoms with van der Waals surface area (Å²) in [6.45, 7) is -0.521. The Bertz CT molecular complexity index is 458. The van der Waals surface area contributed by atoms with Crippen molar-refractivity contribution in [2.45, 2.75) is 12.2 Å². The first-order valence-corrected chi connectivity index (χ1v) is 6.23. The van der Waals surface area contributed by atoms with Crippen LogP contribution in [-0.2, 0) is 28.7 Å². The first-order chi connectivity index (χ1) is 9.59. The molecular weight excluding hydrogens is 270 g/mol. The lowest BCUT2D eigenvalue weighted by molar-refractivity contribution is -0.195. The minimum atomic E-state index is -1.09. The highest BCUT2D eigenvalue weighted by atomic mass is 16.7. The normalized spacial score (nSPS) is 34.1. The molecule has 3 rings (SSSR count). The molecule has 8 nitrogen and oxygen atoms in total. The fourth-order valence-electron chi connectivity index (χ4n) is 2.75. The van der Waals surface area contributed by atoms with Crippen molar-refractivity contribution in [1.29, 1.82) is 0 Å². The van der Waals surface area contributed by atoms with E-state index in [1.807, 2.05) is 0 Å². The second kappa shape index (κ2) is 4.97. The molecule has 8 heteroatoms. The van der Waals surface area contributed by atoms with E-state index in [2.05, 4.69) is 0 Å². The maximum absolute atomic E-state index is 12.1. The Morgan fingerprint density at radius 2 is 1.80 bits per heavy atom. The van der Waals surface area contributed by atoms with Gasteiger partial charge in [-0.05, 0) is 0 Å². The summed E-state index contributed by atoms with van der Waals surface area (Å²) in [7, 11) is 0. The number of carbonyl (C=O) groups is 3. The molecule has 0 saturated carbocycles. The number of rotatable bonds is 6. The second-order valence-corrected chi connectivity index (χ2v) is 4.75. The third-order valence-corrected chi connectivity index (χ3v) is 3.54. The van der Waals surface area contributed by atoms with Crippen molar-refractivity contribution >= 4 is 17.8 Å². The number of nitrogens with zero attached hydrogens (tertiary/aromatic N) is 1. The topological polar surface area (TPSA) is 102 Å². The quantitative estimate of drug-likeness (QED) is 0.377. The van der Waals surface area contributed by atoms with E-state index >= 15 is 0 Å². The van der Waals surface area contributed by atoms with Crippen molar-refractivity contribution in [1.82, 2.24) is 5.06 Å². The van der Waals surface area contributed by atoms with Gasteiger partial charge in [0.25, 0.3) is 11.8 Å². The average molecular weight is 283 g/mol. The number of hydroxylamine groups is 2. The number of carbonyl (C=O) groups excluding carboxylic acids is 2. The maximum atomic E-state index is 12.1. The first-order valence-electron chi connectivity index (χ1n) is 6.23. The summed E-state index contributed by atoms with van der Waals surface area (Å²) in [6.07, 6.45) is 2.88. The Labute approximate surface area is 113 Å². The standard InChI is InChI=1S/C12H13NO7/c14-8(15)5-18-3-4-19-13-11(16)9-6-1-2-7(20-6)10(9)12(13)17/h1-2,6-7,9-10H,3-5H2,(H,14,15). The van der Waals surface area contributed by atoms with Crippen LogP contribution in [0.3, 0.4) is 0 Å². The number of imide groups is 1. The summed E-state index contributed by atoms with van der Waals surface area (Å²) < 4.78 is 10.2. The molecule has 0 aromatic carbocycles. The number of hydrogen-bond donors (Lipinski definition) is 1. The van der Waals surface area contributed by atoms with Gasteiger partial charge in [-0.1, -0.05) is 12.2 Å². The molecule has 20 heavy (non-hydrogen) atoms. The number of aliphatic carboxylic acids is 1. The number of ether oxygens (including phenoxy) is 2. The van der Waals surface area contributed by atoms with Crippen LogP contribution in [0.5, 0.6) is 0 Å². The predicted octanol–water partition coefficient (Wildman–Crippen LogP) is -1.04. The molecule has 2 amide bonds. The zero-order valence-electron chi connectivity index (χ0n) is 10.4. The Morgan fingerprint density at radius 1 is 1.20 bits per heavy atom. The Kier molecular flexibility index (Phi) is 3.28. The van der Waals surface area contributed by atoms with Gasteiger partial charge in [-0.25, -0.2) is 4.79 Å². The molecule has 2 fully saturated rings. The maximum Gasteiger partial charge on any atom is 0.329 e. The second-order valence-electron chi connectivity index (χ2n) is 4.75. The van der Waals surface area contributed by atoms with Crippen LogP contribution in [0.4, 0.5) is 0 Å². The van der Waals surface area contributed by atoms with E-state index in [0.29, 0.717) is 0 Å². The van der Waals surface area contributed by atoms with E-state index in [4.69, 9.17) is 19.4 Å². The third-order valence-electron chi connectivity index (χ3n) is 3.54. The summed E-state index contributed by atoms with van der Waals surface area (Å²) in [4.78, 5) is 39.5. The molecular formula is C12H13NO7. The molecule has 108 valence electrons. The molecule has 0 aromatic heterocycles. The van der Waals surface area contributed by atoms with E-state index in [0.717, 1.165) is 5.06 Å². The Balaban J connectivity index is 1.53. The molecule has 4 unspecified atom stereocenters. The van der Waals surface area contributed by atoms with Gasteiger partial charge in [0.2, 0.25) is 0 Å². The van der Waals surface area contributed by atoms with Crippen molar-refractivity contribution in [2.24, 2.45) is 11.8 Å². The highest BCUT2D eigenvalue weighted by Crippen LogP contribution is 2.44. The highest BCUT2D eigenvalue weighted by molar-refractivity contribution is 6.05. The minimum Gasteiger partial charge on any atom is -0.480 e. The molecule has 0 radical (unpaired) electrons. The number of hydrogen-bond acceptors (Lipinski definition) is 6. The number of amides is 2.